The summed E-state index contributed by atoms with van der Waals surface area (Å²) in [5.41, 5.74) is 0. The number of sulfone groups is 1. The van der Waals surface area contributed by atoms with Gasteiger partial charge in [0.25, 0.3) is 0 Å². The van der Waals surface area contributed by atoms with E-state index in [1.165, 1.54) is 18.2 Å². The molecule has 0 N–H and O–H groups in total. The molecule has 1 heterocycles. The second-order valence-corrected chi connectivity index (χ2v) is 8.59. The number of halogens is 5. The van der Waals surface area contributed by atoms with Crippen molar-refractivity contribution in [3.05, 3.63) is 34.1 Å². The minimum atomic E-state index is -4.62. The highest BCUT2D eigenvalue weighted by Crippen LogP contribution is 2.30. The second kappa shape index (κ2) is 7.11. The van der Waals surface area contributed by atoms with Gasteiger partial charge in [0.15, 0.2) is 15.0 Å². The molecule has 2 aromatic rings. The number of nitrogens with zero attached hydrogens (tertiary/aromatic N) is 3. The molecule has 24 heavy (non-hydrogen) atoms. The fourth-order valence-corrected chi connectivity index (χ4v) is 5.13. The summed E-state index contributed by atoms with van der Waals surface area (Å²) in [6.45, 7) is 0. The van der Waals surface area contributed by atoms with Crippen LogP contribution in [0.15, 0.2) is 28.3 Å². The van der Waals surface area contributed by atoms with Crippen LogP contribution in [0.25, 0.3) is 0 Å². The van der Waals surface area contributed by atoms with Crippen LogP contribution in [0.3, 0.4) is 0 Å². The molecule has 1 aromatic heterocycles. The van der Waals surface area contributed by atoms with Crippen molar-refractivity contribution < 1.29 is 21.6 Å². The van der Waals surface area contributed by atoms with Gasteiger partial charge >= 0.3 is 6.18 Å². The van der Waals surface area contributed by atoms with Gasteiger partial charge in [-0.3, -0.25) is 0 Å². The summed E-state index contributed by atoms with van der Waals surface area (Å²) in [5, 5.41) is 6.70. The molecule has 5 nitrogen and oxygen atoms in total. The number of hydrogen-bond donors (Lipinski definition) is 0. The molecule has 132 valence electrons. The summed E-state index contributed by atoms with van der Waals surface area (Å²) in [6.07, 6.45) is -4.62. The van der Waals surface area contributed by atoms with Crippen LogP contribution >= 0.6 is 35.0 Å². The van der Waals surface area contributed by atoms with Gasteiger partial charge in [-0.2, -0.15) is 13.2 Å². The monoisotopic (exact) mass is 419 g/mol. The zero-order valence-corrected chi connectivity index (χ0v) is 15.2. The van der Waals surface area contributed by atoms with Crippen molar-refractivity contribution in [2.75, 3.05) is 11.5 Å². The smallest absolute Gasteiger partial charge is 0.302 e. The maximum atomic E-state index is 12.6. The van der Waals surface area contributed by atoms with E-state index in [1.54, 1.807) is 0 Å². The molecule has 0 saturated heterocycles. The zero-order chi connectivity index (χ0) is 18.1. The maximum Gasteiger partial charge on any atom is 0.451 e. The van der Waals surface area contributed by atoms with Gasteiger partial charge in [0, 0.05) is 17.8 Å². The molecule has 0 radical (unpaired) electrons. The molecule has 0 fully saturated rings. The number of aromatic nitrogens is 3. The largest absolute Gasteiger partial charge is 0.451 e. The molecule has 0 aliphatic rings. The van der Waals surface area contributed by atoms with E-state index in [2.05, 4.69) is 10.2 Å². The van der Waals surface area contributed by atoms with E-state index < -0.39 is 21.8 Å². The summed E-state index contributed by atoms with van der Waals surface area (Å²) in [5.74, 6) is -1.51. The van der Waals surface area contributed by atoms with E-state index in [0.717, 1.165) is 23.4 Å². The summed E-state index contributed by atoms with van der Waals surface area (Å²) >= 11 is 12.5. The lowest BCUT2D eigenvalue weighted by Crippen LogP contribution is -2.13. The van der Waals surface area contributed by atoms with Crippen LogP contribution in [0, 0.1) is 0 Å². The molecule has 0 unspecified atom stereocenters. The van der Waals surface area contributed by atoms with E-state index >= 15 is 0 Å². The topological polar surface area (TPSA) is 64.8 Å². The highest BCUT2D eigenvalue weighted by atomic mass is 35.5. The Balaban J connectivity index is 2.09. The molecule has 0 bridgehead atoms. The van der Waals surface area contributed by atoms with Crippen molar-refractivity contribution >= 4 is 44.8 Å². The van der Waals surface area contributed by atoms with Gasteiger partial charge in [-0.05, 0) is 18.2 Å². The minimum absolute atomic E-state index is 0.0188. The average Bonchev–Trinajstić information content (AvgIpc) is 2.82. The molecular formula is C12H10Cl2F3N3O2S2. The molecular weight excluding hydrogens is 410 g/mol. The van der Waals surface area contributed by atoms with Crippen molar-refractivity contribution in [3.63, 3.8) is 0 Å². The van der Waals surface area contributed by atoms with E-state index in [0.29, 0.717) is 0 Å². The Morgan fingerprint density at radius 2 is 1.92 bits per heavy atom. The Bertz CT molecular complexity index is 854. The first kappa shape index (κ1) is 19.4. The predicted octanol–water partition coefficient (Wildman–Crippen LogP) is 3.71. The molecule has 0 amide bonds. The Labute approximate surface area is 150 Å². The van der Waals surface area contributed by atoms with Crippen LogP contribution in [0.5, 0.6) is 0 Å². The van der Waals surface area contributed by atoms with Crippen molar-refractivity contribution in [1.29, 1.82) is 0 Å². The van der Waals surface area contributed by atoms with Gasteiger partial charge in [-0.25, -0.2) is 8.42 Å². The molecule has 0 saturated carbocycles. The third-order valence-electron chi connectivity index (χ3n) is 2.90. The fourth-order valence-electron chi connectivity index (χ4n) is 1.76. The number of benzene rings is 1. The molecule has 0 spiro atoms. The Kier molecular flexibility index (Phi) is 5.73. The van der Waals surface area contributed by atoms with Crippen LogP contribution in [0.4, 0.5) is 13.2 Å². The zero-order valence-electron chi connectivity index (χ0n) is 12.0. The Hall–Kier alpha value is -0.970. The van der Waals surface area contributed by atoms with E-state index in [1.807, 2.05) is 0 Å². The third-order valence-corrected chi connectivity index (χ3v) is 6.61. The van der Waals surface area contributed by atoms with Gasteiger partial charge in [-0.15, -0.1) is 10.2 Å². The van der Waals surface area contributed by atoms with Gasteiger partial charge in [0.1, 0.15) is 0 Å². The minimum Gasteiger partial charge on any atom is -0.302 e. The van der Waals surface area contributed by atoms with Crippen LogP contribution in [0.2, 0.25) is 10.0 Å². The van der Waals surface area contributed by atoms with Crippen LogP contribution in [-0.4, -0.2) is 34.7 Å². The first-order valence-corrected chi connectivity index (χ1v) is 9.69. The van der Waals surface area contributed by atoms with Crippen molar-refractivity contribution in [1.82, 2.24) is 14.8 Å². The number of hydrogen-bond acceptors (Lipinski definition) is 5. The number of rotatable bonds is 5. The number of thioether (sulfide) groups is 1. The molecule has 0 aliphatic heterocycles. The van der Waals surface area contributed by atoms with Crippen molar-refractivity contribution in [3.8, 4) is 0 Å². The Morgan fingerprint density at radius 1 is 1.25 bits per heavy atom. The quantitative estimate of drug-likeness (QED) is 0.691. The van der Waals surface area contributed by atoms with Crippen molar-refractivity contribution in [2.24, 2.45) is 7.05 Å². The van der Waals surface area contributed by atoms with E-state index in [4.69, 9.17) is 23.2 Å². The molecule has 1 aromatic carbocycles. The van der Waals surface area contributed by atoms with Crippen LogP contribution < -0.4 is 0 Å². The SMILES string of the molecule is Cn1c(SCCS(=O)(=O)c2cc(Cl)ccc2Cl)nnc1C(F)(F)F. The standard InChI is InChI=1S/C12H10Cl2F3N3O2S2/c1-20-10(12(15,16)17)18-19-11(20)23-4-5-24(21,22)9-6-7(13)2-3-8(9)14/h2-3,6H,4-5H2,1H3. The molecule has 0 atom stereocenters. The predicted molar refractivity (Wildman–Crippen MR) is 85.2 cm³/mol. The van der Waals surface area contributed by atoms with Gasteiger partial charge < -0.3 is 4.57 Å². The molecule has 2 rings (SSSR count). The van der Waals surface area contributed by atoms with Gasteiger partial charge in [0.05, 0.1) is 15.7 Å². The summed E-state index contributed by atoms with van der Waals surface area (Å²) in [6, 6.07) is 4.05. The summed E-state index contributed by atoms with van der Waals surface area (Å²) in [7, 11) is -2.57. The lowest BCUT2D eigenvalue weighted by Gasteiger charge is -2.08. The van der Waals surface area contributed by atoms with Crippen LogP contribution in [0.1, 0.15) is 5.82 Å². The third kappa shape index (κ3) is 4.35. The average molecular weight is 420 g/mol. The molecule has 0 aliphatic carbocycles. The lowest BCUT2D eigenvalue weighted by atomic mass is 10.4. The Morgan fingerprint density at radius 3 is 2.50 bits per heavy atom. The maximum absolute atomic E-state index is 12.6. The van der Waals surface area contributed by atoms with Gasteiger partial charge in [-0.1, -0.05) is 35.0 Å². The normalized spacial score (nSPS) is 12.6. The summed E-state index contributed by atoms with van der Waals surface area (Å²) in [4.78, 5) is -0.119. The van der Waals surface area contributed by atoms with E-state index in [-0.39, 0.29) is 31.6 Å². The lowest BCUT2D eigenvalue weighted by molar-refractivity contribution is -0.147. The molecule has 12 heteroatoms. The first-order valence-electron chi connectivity index (χ1n) is 6.29. The highest BCUT2D eigenvalue weighted by Gasteiger charge is 2.37. The van der Waals surface area contributed by atoms with Crippen molar-refractivity contribution in [2.45, 2.75) is 16.2 Å². The second-order valence-electron chi connectivity index (χ2n) is 4.61. The van der Waals surface area contributed by atoms with Gasteiger partial charge in [0.2, 0.25) is 5.82 Å². The summed E-state index contributed by atoms with van der Waals surface area (Å²) < 4.78 is 63.2. The highest BCUT2D eigenvalue weighted by molar-refractivity contribution is 8.00. The number of alkyl halides is 3. The first-order chi connectivity index (χ1) is 11.0. The van der Waals surface area contributed by atoms with E-state index in [9.17, 15) is 21.6 Å². The fraction of sp³-hybridized carbons (Fsp3) is 0.333. The van der Waals surface area contributed by atoms with Crippen LogP contribution in [-0.2, 0) is 23.1 Å².